The predicted molar refractivity (Wildman–Crippen MR) is 76.1 cm³/mol. The van der Waals surface area contributed by atoms with E-state index in [2.05, 4.69) is 15.3 Å². The van der Waals surface area contributed by atoms with Crippen molar-refractivity contribution in [3.05, 3.63) is 30.1 Å². The minimum absolute atomic E-state index is 0.513. The molecule has 6 nitrogen and oxygen atoms in total. The lowest BCUT2D eigenvalue weighted by Gasteiger charge is -2.14. The Bertz CT molecular complexity index is 577. The molecule has 0 atom stereocenters. The van der Waals surface area contributed by atoms with Crippen LogP contribution in [0.1, 0.15) is 5.69 Å². The van der Waals surface area contributed by atoms with Crippen molar-refractivity contribution in [3.8, 4) is 17.2 Å². The molecular formula is C14H17N3O3. The SMILES string of the molecule is COc1cc(Nc2nccc(C)n2)cc(OC)c1OC. The molecule has 0 aliphatic carbocycles. The molecular weight excluding hydrogens is 258 g/mol. The largest absolute Gasteiger partial charge is 0.493 e. The molecule has 0 radical (unpaired) electrons. The van der Waals surface area contributed by atoms with Crippen LogP contribution in [0.25, 0.3) is 0 Å². The van der Waals surface area contributed by atoms with E-state index in [4.69, 9.17) is 14.2 Å². The lowest BCUT2D eigenvalue weighted by molar-refractivity contribution is 0.324. The predicted octanol–water partition coefficient (Wildman–Crippen LogP) is 2.55. The number of aromatic nitrogens is 2. The molecule has 0 saturated heterocycles. The molecule has 0 amide bonds. The van der Waals surface area contributed by atoms with Crippen molar-refractivity contribution in [1.29, 1.82) is 0 Å². The van der Waals surface area contributed by atoms with Crippen molar-refractivity contribution in [2.45, 2.75) is 6.92 Å². The van der Waals surface area contributed by atoms with E-state index in [9.17, 15) is 0 Å². The summed E-state index contributed by atoms with van der Waals surface area (Å²) in [5.41, 5.74) is 1.64. The molecule has 0 aliphatic rings. The zero-order valence-corrected chi connectivity index (χ0v) is 11.9. The summed E-state index contributed by atoms with van der Waals surface area (Å²) in [7, 11) is 4.71. The van der Waals surface area contributed by atoms with Crippen LogP contribution in [0.2, 0.25) is 0 Å². The Morgan fingerprint density at radius 3 is 2.15 bits per heavy atom. The molecule has 0 saturated carbocycles. The van der Waals surface area contributed by atoms with E-state index in [0.29, 0.717) is 23.2 Å². The Hall–Kier alpha value is -2.50. The lowest BCUT2D eigenvalue weighted by Crippen LogP contribution is -2.00. The smallest absolute Gasteiger partial charge is 0.227 e. The average molecular weight is 275 g/mol. The topological polar surface area (TPSA) is 65.5 Å². The van der Waals surface area contributed by atoms with Gasteiger partial charge >= 0.3 is 0 Å². The third-order valence-electron chi connectivity index (χ3n) is 2.72. The first-order chi connectivity index (χ1) is 9.67. The Kier molecular flexibility index (Phi) is 4.24. The number of nitrogens with zero attached hydrogens (tertiary/aromatic N) is 2. The third-order valence-corrected chi connectivity index (χ3v) is 2.72. The van der Waals surface area contributed by atoms with Crippen LogP contribution in [0.5, 0.6) is 17.2 Å². The summed E-state index contributed by atoms with van der Waals surface area (Å²) in [5.74, 6) is 2.20. The number of rotatable bonds is 5. The van der Waals surface area contributed by atoms with Gasteiger partial charge in [-0.25, -0.2) is 9.97 Å². The number of benzene rings is 1. The highest BCUT2D eigenvalue weighted by atomic mass is 16.5. The molecule has 0 bridgehead atoms. The van der Waals surface area contributed by atoms with Crippen molar-refractivity contribution < 1.29 is 14.2 Å². The number of hydrogen-bond donors (Lipinski definition) is 1. The minimum Gasteiger partial charge on any atom is -0.493 e. The highest BCUT2D eigenvalue weighted by Gasteiger charge is 2.13. The van der Waals surface area contributed by atoms with Crippen LogP contribution in [0.4, 0.5) is 11.6 Å². The first-order valence-electron chi connectivity index (χ1n) is 6.04. The van der Waals surface area contributed by atoms with E-state index in [1.165, 1.54) is 0 Å². The van der Waals surface area contributed by atoms with Gasteiger partial charge in [0.15, 0.2) is 11.5 Å². The molecule has 1 aromatic carbocycles. The van der Waals surface area contributed by atoms with E-state index < -0.39 is 0 Å². The zero-order valence-electron chi connectivity index (χ0n) is 11.9. The van der Waals surface area contributed by atoms with Gasteiger partial charge in [-0.1, -0.05) is 0 Å². The molecule has 1 heterocycles. The summed E-state index contributed by atoms with van der Waals surface area (Å²) < 4.78 is 15.9. The van der Waals surface area contributed by atoms with Gasteiger partial charge in [0.25, 0.3) is 0 Å². The van der Waals surface area contributed by atoms with Gasteiger partial charge in [-0.3, -0.25) is 0 Å². The number of ether oxygens (including phenoxy) is 3. The van der Waals surface area contributed by atoms with Gasteiger partial charge in [0.05, 0.1) is 21.3 Å². The highest BCUT2D eigenvalue weighted by Crippen LogP contribution is 2.40. The van der Waals surface area contributed by atoms with Crippen molar-refractivity contribution in [2.24, 2.45) is 0 Å². The van der Waals surface area contributed by atoms with Crippen LogP contribution in [0.3, 0.4) is 0 Å². The molecule has 20 heavy (non-hydrogen) atoms. The molecule has 0 spiro atoms. The van der Waals surface area contributed by atoms with Crippen LogP contribution in [-0.2, 0) is 0 Å². The fourth-order valence-electron chi connectivity index (χ4n) is 1.79. The molecule has 6 heteroatoms. The van der Waals surface area contributed by atoms with Crippen molar-refractivity contribution >= 4 is 11.6 Å². The quantitative estimate of drug-likeness (QED) is 0.904. The van der Waals surface area contributed by atoms with E-state index in [0.717, 1.165) is 11.4 Å². The summed E-state index contributed by atoms with van der Waals surface area (Å²) in [4.78, 5) is 8.44. The second kappa shape index (κ2) is 6.10. The molecule has 1 N–H and O–H groups in total. The summed E-state index contributed by atoms with van der Waals surface area (Å²) >= 11 is 0. The molecule has 0 aliphatic heterocycles. The van der Waals surface area contributed by atoms with Crippen LogP contribution in [0.15, 0.2) is 24.4 Å². The van der Waals surface area contributed by atoms with Gasteiger partial charge in [-0.15, -0.1) is 0 Å². The number of nitrogens with one attached hydrogen (secondary N) is 1. The summed E-state index contributed by atoms with van der Waals surface area (Å²) in [6.45, 7) is 1.90. The molecule has 0 unspecified atom stereocenters. The Balaban J connectivity index is 2.37. The fraction of sp³-hybridized carbons (Fsp3) is 0.286. The van der Waals surface area contributed by atoms with E-state index >= 15 is 0 Å². The highest BCUT2D eigenvalue weighted by molar-refractivity contribution is 5.65. The van der Waals surface area contributed by atoms with Crippen LogP contribution < -0.4 is 19.5 Å². The number of hydrogen-bond acceptors (Lipinski definition) is 6. The maximum atomic E-state index is 5.29. The molecule has 0 fully saturated rings. The van der Waals surface area contributed by atoms with Gasteiger partial charge in [0, 0.05) is 29.7 Å². The van der Waals surface area contributed by atoms with Crippen molar-refractivity contribution in [3.63, 3.8) is 0 Å². The molecule has 106 valence electrons. The second-order valence-corrected chi connectivity index (χ2v) is 4.06. The van der Waals surface area contributed by atoms with Gasteiger partial charge in [-0.2, -0.15) is 0 Å². The zero-order chi connectivity index (χ0) is 14.5. The van der Waals surface area contributed by atoms with Crippen molar-refractivity contribution in [1.82, 2.24) is 9.97 Å². The summed E-state index contributed by atoms with van der Waals surface area (Å²) in [6, 6.07) is 5.43. The number of methoxy groups -OCH3 is 3. The van der Waals surface area contributed by atoms with E-state index in [1.807, 2.05) is 13.0 Å². The number of aryl methyl sites for hydroxylation is 1. The maximum Gasteiger partial charge on any atom is 0.227 e. The average Bonchev–Trinajstić information content (AvgIpc) is 2.46. The molecule has 1 aromatic heterocycles. The monoisotopic (exact) mass is 275 g/mol. The maximum absolute atomic E-state index is 5.29. The van der Waals surface area contributed by atoms with Gasteiger partial charge in [0.2, 0.25) is 11.7 Å². The third kappa shape index (κ3) is 2.90. The molecule has 2 aromatic rings. The second-order valence-electron chi connectivity index (χ2n) is 4.06. The number of anilines is 2. The first kappa shape index (κ1) is 13.9. The van der Waals surface area contributed by atoms with Gasteiger partial charge < -0.3 is 19.5 Å². The summed E-state index contributed by atoms with van der Waals surface area (Å²) in [5, 5.41) is 3.11. The van der Waals surface area contributed by atoms with E-state index in [1.54, 1.807) is 39.7 Å². The Morgan fingerprint density at radius 1 is 1.00 bits per heavy atom. The first-order valence-corrected chi connectivity index (χ1v) is 6.04. The Morgan fingerprint density at radius 2 is 1.65 bits per heavy atom. The van der Waals surface area contributed by atoms with Gasteiger partial charge in [-0.05, 0) is 13.0 Å². The lowest BCUT2D eigenvalue weighted by atomic mass is 10.2. The Labute approximate surface area is 117 Å². The van der Waals surface area contributed by atoms with Gasteiger partial charge in [0.1, 0.15) is 0 Å². The normalized spacial score (nSPS) is 10.0. The fourth-order valence-corrected chi connectivity index (χ4v) is 1.79. The summed E-state index contributed by atoms with van der Waals surface area (Å²) in [6.07, 6.45) is 1.70. The van der Waals surface area contributed by atoms with Crippen LogP contribution >= 0.6 is 0 Å². The van der Waals surface area contributed by atoms with Crippen LogP contribution in [-0.4, -0.2) is 31.3 Å². The van der Waals surface area contributed by atoms with Crippen LogP contribution in [0, 0.1) is 6.92 Å². The van der Waals surface area contributed by atoms with E-state index in [-0.39, 0.29) is 0 Å². The standard InChI is InChI=1S/C14H17N3O3/c1-9-5-6-15-14(16-9)17-10-7-11(18-2)13(20-4)12(8-10)19-3/h5-8H,1-4H3,(H,15,16,17). The molecule has 2 rings (SSSR count). The minimum atomic E-state index is 0.513. The van der Waals surface area contributed by atoms with Crippen molar-refractivity contribution in [2.75, 3.05) is 26.6 Å².